The molecule has 0 aromatic carbocycles. The Morgan fingerprint density at radius 1 is 0.667 bits per heavy atom. The van der Waals surface area contributed by atoms with Crippen molar-refractivity contribution in [3.63, 3.8) is 0 Å². The van der Waals surface area contributed by atoms with Gasteiger partial charge in [-0.2, -0.15) is 0 Å². The molecule has 2 saturated heterocycles. The number of esters is 4. The zero-order valence-corrected chi connectivity index (χ0v) is 29.7. The zero-order valence-electron chi connectivity index (χ0n) is 29.7. The molecule has 54 heavy (non-hydrogen) atoms. The number of aromatic nitrogens is 4. The Morgan fingerprint density at radius 2 is 1.06 bits per heavy atom. The number of carbonyl (C=O) groups excluding carboxylic acids is 6. The number of ether oxygens (including phenoxy) is 10. The fourth-order valence-electron chi connectivity index (χ4n) is 4.82. The van der Waals surface area contributed by atoms with Gasteiger partial charge in [0, 0.05) is 49.0 Å². The van der Waals surface area contributed by atoms with Crippen molar-refractivity contribution < 1.29 is 76.1 Å². The minimum Gasteiger partial charge on any atom is -0.462 e. The monoisotopic (exact) mass is 762 g/mol. The zero-order chi connectivity index (χ0) is 39.0. The van der Waals surface area contributed by atoms with Gasteiger partial charge in [-0.1, -0.05) is 13.2 Å². The third kappa shape index (κ3) is 13.3. The van der Waals surface area contributed by atoms with E-state index in [-0.39, 0.29) is 37.2 Å². The molecule has 0 amide bonds. The van der Waals surface area contributed by atoms with E-state index in [1.54, 1.807) is 33.9 Å². The van der Waals surface area contributed by atoms with Gasteiger partial charge in [0.1, 0.15) is 38.6 Å². The highest BCUT2D eigenvalue weighted by Gasteiger charge is 2.52. The average Bonchev–Trinajstić information content (AvgIpc) is 3.97. The van der Waals surface area contributed by atoms with Gasteiger partial charge in [0.15, 0.2) is 24.4 Å². The molecule has 2 aromatic heterocycles. The van der Waals surface area contributed by atoms with Gasteiger partial charge in [-0.15, -0.1) is 0 Å². The second-order valence-corrected chi connectivity index (χ2v) is 12.1. The van der Waals surface area contributed by atoms with Crippen molar-refractivity contribution in [2.75, 3.05) is 39.6 Å². The average molecular weight is 763 g/mol. The van der Waals surface area contributed by atoms with Crippen molar-refractivity contribution in [1.29, 1.82) is 0 Å². The van der Waals surface area contributed by atoms with Gasteiger partial charge in [-0.3, -0.25) is 9.59 Å². The Labute approximate surface area is 309 Å². The van der Waals surface area contributed by atoms with E-state index in [2.05, 4.69) is 23.1 Å². The first-order valence-electron chi connectivity index (χ1n) is 16.7. The molecule has 0 bridgehead atoms. The quantitative estimate of drug-likeness (QED) is 0.106. The highest BCUT2D eigenvalue weighted by molar-refractivity contribution is 5.87. The van der Waals surface area contributed by atoms with Gasteiger partial charge in [-0.25, -0.2) is 29.1 Å². The summed E-state index contributed by atoms with van der Waals surface area (Å²) in [7, 11) is 0. The van der Waals surface area contributed by atoms with Crippen LogP contribution < -0.4 is 0 Å². The predicted molar refractivity (Wildman–Crippen MR) is 177 cm³/mol. The van der Waals surface area contributed by atoms with Crippen molar-refractivity contribution in [3.8, 4) is 0 Å². The van der Waals surface area contributed by atoms with Crippen molar-refractivity contribution in [2.24, 2.45) is 0 Å². The summed E-state index contributed by atoms with van der Waals surface area (Å²) in [6.45, 7) is 8.33. The van der Waals surface area contributed by atoms with Crippen LogP contribution in [-0.4, -0.2) is 132 Å². The van der Waals surface area contributed by atoms with Crippen LogP contribution in [0.4, 0.5) is 9.59 Å². The first-order chi connectivity index (χ1) is 25.9. The van der Waals surface area contributed by atoms with E-state index in [1.165, 1.54) is 26.5 Å². The fourth-order valence-corrected chi connectivity index (χ4v) is 4.82. The van der Waals surface area contributed by atoms with Gasteiger partial charge in [0.05, 0.1) is 38.7 Å². The number of hydrogen-bond donors (Lipinski definition) is 0. The third-order valence-corrected chi connectivity index (χ3v) is 7.61. The topological polar surface area (TPSA) is 230 Å². The molecule has 0 spiro atoms. The lowest BCUT2D eigenvalue weighted by Gasteiger charge is -2.21. The Hall–Kier alpha value is -5.76. The second kappa shape index (κ2) is 20.5. The Kier molecular flexibility index (Phi) is 15.5. The highest BCUT2D eigenvalue weighted by Crippen LogP contribution is 2.31. The molecule has 0 saturated carbocycles. The van der Waals surface area contributed by atoms with Crippen LogP contribution in [0.3, 0.4) is 0 Å². The molecular formula is C34H42N4O16. The van der Waals surface area contributed by atoms with Crippen molar-refractivity contribution in [2.45, 2.75) is 76.4 Å². The number of nitrogens with zero attached hydrogens (tertiary/aromatic N) is 4. The summed E-state index contributed by atoms with van der Waals surface area (Å²) in [6.07, 6.45) is 0.932. The molecule has 2 aliphatic heterocycles. The maximum Gasteiger partial charge on any atom is 0.509 e. The number of imidazole rings is 2. The van der Waals surface area contributed by atoms with E-state index in [1.807, 2.05) is 0 Å². The van der Waals surface area contributed by atoms with Crippen molar-refractivity contribution in [1.82, 2.24) is 19.1 Å². The number of carbonyl (C=O) groups is 6. The van der Waals surface area contributed by atoms with Gasteiger partial charge >= 0.3 is 36.2 Å². The predicted octanol–water partition coefficient (Wildman–Crippen LogP) is 1.46. The SMILES string of the molecule is C=C(C)C(=O)OCC(COC(=O)CCn1ccnc1)OC(=O)O[C@H]1CO[C@H]2[C@@H]1OC[C@H]2OC(=O)OC(COC(=O)CCn1ccnc1)COC(=O)C(=C)C. The first-order valence-corrected chi connectivity index (χ1v) is 16.7. The van der Waals surface area contributed by atoms with Crippen LogP contribution in [0.1, 0.15) is 26.7 Å². The van der Waals surface area contributed by atoms with E-state index >= 15 is 0 Å². The second-order valence-electron chi connectivity index (χ2n) is 12.1. The Balaban J connectivity index is 1.25. The van der Waals surface area contributed by atoms with E-state index in [0.29, 0.717) is 13.1 Å². The van der Waals surface area contributed by atoms with Crippen LogP contribution in [0.25, 0.3) is 0 Å². The van der Waals surface area contributed by atoms with Crippen LogP contribution in [0.5, 0.6) is 0 Å². The number of hydrogen-bond acceptors (Lipinski definition) is 18. The summed E-state index contributed by atoms with van der Waals surface area (Å²) >= 11 is 0. The maximum atomic E-state index is 12.8. The minimum atomic E-state index is -1.23. The third-order valence-electron chi connectivity index (χ3n) is 7.61. The molecule has 6 atom stereocenters. The molecule has 4 heterocycles. The molecule has 0 radical (unpaired) electrons. The van der Waals surface area contributed by atoms with E-state index in [0.717, 1.165) is 0 Å². The molecule has 2 aromatic rings. The number of fused-ring (bicyclic) bond motifs is 1. The van der Waals surface area contributed by atoms with E-state index in [4.69, 9.17) is 47.4 Å². The molecule has 4 rings (SSSR count). The molecule has 20 heteroatoms. The van der Waals surface area contributed by atoms with Gasteiger partial charge in [0.25, 0.3) is 0 Å². The van der Waals surface area contributed by atoms with E-state index < -0.39 is 99.2 Å². The summed E-state index contributed by atoms with van der Waals surface area (Å²) in [5, 5.41) is 0. The number of aryl methyl sites for hydroxylation is 2. The summed E-state index contributed by atoms with van der Waals surface area (Å²) in [6, 6.07) is 0. The molecule has 20 nitrogen and oxygen atoms in total. The minimum absolute atomic E-state index is 0.000195. The molecular weight excluding hydrogens is 720 g/mol. The molecule has 0 N–H and O–H groups in total. The number of rotatable bonds is 20. The normalized spacial score (nSPS) is 19.7. The lowest BCUT2D eigenvalue weighted by molar-refractivity contribution is -0.153. The smallest absolute Gasteiger partial charge is 0.462 e. The highest BCUT2D eigenvalue weighted by atomic mass is 16.8. The van der Waals surface area contributed by atoms with Crippen LogP contribution in [0.15, 0.2) is 61.7 Å². The Morgan fingerprint density at radius 3 is 1.41 bits per heavy atom. The lowest BCUT2D eigenvalue weighted by atomic mass is 10.1. The molecule has 2 aliphatic rings. The summed E-state index contributed by atoms with van der Waals surface area (Å²) in [4.78, 5) is 81.8. The first kappa shape index (κ1) is 41.0. The molecule has 2 fully saturated rings. The summed E-state index contributed by atoms with van der Waals surface area (Å²) in [5.74, 6) is -2.70. The molecule has 2 unspecified atom stereocenters. The van der Waals surface area contributed by atoms with Crippen LogP contribution in [0, 0.1) is 0 Å². The van der Waals surface area contributed by atoms with Crippen LogP contribution >= 0.6 is 0 Å². The van der Waals surface area contributed by atoms with Gasteiger partial charge < -0.3 is 56.5 Å². The van der Waals surface area contributed by atoms with Crippen LogP contribution in [0.2, 0.25) is 0 Å². The van der Waals surface area contributed by atoms with Crippen molar-refractivity contribution in [3.05, 3.63) is 61.7 Å². The molecule has 0 aliphatic carbocycles. The molecule has 294 valence electrons. The fraction of sp³-hybridized carbons (Fsp3) is 0.529. The standard InChI is InChI=1S/C34H42N4O16/c1-21(2)31(41)49-15-23(13-45-27(39)5-9-37-11-7-35-19-37)51-33(43)53-25-17-47-30-26(18-48-29(25)30)54-34(44)52-24(16-50-32(42)22(3)4)14-46-28(40)6-10-38-12-8-36-20-38/h7-8,11-12,19-20,23-26,29-30H,1,3,5-6,9-10,13-18H2,2,4H3/t23?,24?,25-,26+,29-,30-/m1/s1. The lowest BCUT2D eigenvalue weighted by Crippen LogP contribution is -2.38. The maximum absolute atomic E-state index is 12.8. The summed E-state index contributed by atoms with van der Waals surface area (Å²) < 4.78 is 56.7. The largest absolute Gasteiger partial charge is 0.509 e. The van der Waals surface area contributed by atoms with Gasteiger partial charge in [0.2, 0.25) is 0 Å². The van der Waals surface area contributed by atoms with E-state index in [9.17, 15) is 28.8 Å². The summed E-state index contributed by atoms with van der Waals surface area (Å²) in [5.41, 5.74) is 0.203. The van der Waals surface area contributed by atoms with Crippen LogP contribution in [-0.2, 0) is 79.6 Å². The van der Waals surface area contributed by atoms with Gasteiger partial charge in [-0.05, 0) is 13.8 Å². The Bertz CT molecular complexity index is 1490. The van der Waals surface area contributed by atoms with Crippen molar-refractivity contribution >= 4 is 36.2 Å².